The minimum Gasteiger partial charge on any atom is -0.256 e. The predicted molar refractivity (Wildman–Crippen MR) is 76.4 cm³/mol. The van der Waals surface area contributed by atoms with Crippen molar-refractivity contribution in [2.45, 2.75) is 18.2 Å². The molecular weight excluding hydrogens is 274 g/mol. The minimum absolute atomic E-state index is 0.177. The number of hydrogen-bond donors (Lipinski definition) is 0. The predicted octanol–water partition coefficient (Wildman–Crippen LogP) is 2.16. The Kier molecular flexibility index (Phi) is 4.32. The molecule has 0 fully saturated rings. The van der Waals surface area contributed by atoms with Crippen molar-refractivity contribution in [3.63, 3.8) is 0 Å². The third kappa shape index (κ3) is 2.64. The maximum absolute atomic E-state index is 12.7. The Bertz CT molecular complexity index is 745. The van der Waals surface area contributed by atoms with Gasteiger partial charge in [-0.1, -0.05) is 13.0 Å². The monoisotopic (exact) mass is 289 g/mol. The van der Waals surface area contributed by atoms with Gasteiger partial charge in [0.15, 0.2) is 0 Å². The van der Waals surface area contributed by atoms with Gasteiger partial charge >= 0.3 is 0 Å². The van der Waals surface area contributed by atoms with Gasteiger partial charge in [0.1, 0.15) is 0 Å². The molecule has 0 saturated heterocycles. The fourth-order valence-corrected chi connectivity index (χ4v) is 3.71. The molecule has 5 nitrogen and oxygen atoms in total. The smallest absolute Gasteiger partial charge is 0.243 e. The Morgan fingerprint density at radius 3 is 2.80 bits per heavy atom. The first kappa shape index (κ1) is 14.4. The summed E-state index contributed by atoms with van der Waals surface area (Å²) < 4.78 is 26.7. The second-order valence-corrected chi connectivity index (χ2v) is 6.14. The van der Waals surface area contributed by atoms with Gasteiger partial charge in [0.05, 0.1) is 16.5 Å². The molecule has 1 aromatic heterocycles. The summed E-state index contributed by atoms with van der Waals surface area (Å²) >= 11 is 0. The molecule has 0 saturated carbocycles. The normalized spacial score (nSPS) is 11.7. The first-order valence-corrected chi connectivity index (χ1v) is 7.76. The highest BCUT2D eigenvalue weighted by Gasteiger charge is 2.24. The number of rotatable bonds is 5. The fourth-order valence-electron chi connectivity index (χ4n) is 2.06. The lowest BCUT2D eigenvalue weighted by atomic mass is 10.2. The van der Waals surface area contributed by atoms with Crippen molar-refractivity contribution < 1.29 is 8.42 Å². The summed E-state index contributed by atoms with van der Waals surface area (Å²) in [6.07, 6.45) is 1.81. The second-order valence-electron chi connectivity index (χ2n) is 4.23. The van der Waals surface area contributed by atoms with Crippen LogP contribution < -0.4 is 0 Å². The van der Waals surface area contributed by atoms with Gasteiger partial charge in [0.25, 0.3) is 0 Å². The lowest BCUT2D eigenvalue weighted by Crippen LogP contribution is -2.31. The van der Waals surface area contributed by atoms with E-state index in [1.165, 1.54) is 4.31 Å². The molecule has 6 heteroatoms. The molecule has 1 aromatic carbocycles. The molecule has 0 atom stereocenters. The van der Waals surface area contributed by atoms with E-state index in [1.807, 2.05) is 6.07 Å². The van der Waals surface area contributed by atoms with Crippen molar-refractivity contribution in [2.75, 3.05) is 13.1 Å². The van der Waals surface area contributed by atoms with Crippen molar-refractivity contribution in [2.24, 2.45) is 0 Å². The van der Waals surface area contributed by atoms with Gasteiger partial charge in [-0.2, -0.15) is 9.57 Å². The van der Waals surface area contributed by atoms with Crippen LogP contribution >= 0.6 is 0 Å². The summed E-state index contributed by atoms with van der Waals surface area (Å²) in [6.45, 7) is 2.30. The van der Waals surface area contributed by atoms with Crippen molar-refractivity contribution in [3.05, 3.63) is 36.5 Å². The van der Waals surface area contributed by atoms with Gasteiger partial charge in [-0.3, -0.25) is 4.98 Å². The van der Waals surface area contributed by atoms with E-state index in [0.717, 1.165) is 0 Å². The largest absolute Gasteiger partial charge is 0.256 e. The van der Waals surface area contributed by atoms with Crippen molar-refractivity contribution in [1.29, 1.82) is 5.26 Å². The van der Waals surface area contributed by atoms with E-state index in [-0.39, 0.29) is 17.9 Å². The Labute approximate surface area is 118 Å². The van der Waals surface area contributed by atoms with Crippen LogP contribution in [0.2, 0.25) is 0 Å². The number of hydrogen-bond acceptors (Lipinski definition) is 4. The molecule has 0 amide bonds. The van der Waals surface area contributed by atoms with Crippen LogP contribution in [0, 0.1) is 11.3 Å². The van der Waals surface area contributed by atoms with Crippen LogP contribution in [0.4, 0.5) is 0 Å². The molecule has 0 unspecified atom stereocenters. The van der Waals surface area contributed by atoms with Gasteiger partial charge in [-0.05, 0) is 24.3 Å². The molecule has 2 aromatic rings. The molecule has 20 heavy (non-hydrogen) atoms. The van der Waals surface area contributed by atoms with E-state index in [1.54, 1.807) is 43.5 Å². The highest BCUT2D eigenvalue weighted by Crippen LogP contribution is 2.24. The summed E-state index contributed by atoms with van der Waals surface area (Å²) in [5.41, 5.74) is 0.643. The first-order valence-electron chi connectivity index (χ1n) is 6.32. The van der Waals surface area contributed by atoms with Crippen LogP contribution in [-0.2, 0) is 10.0 Å². The maximum atomic E-state index is 12.7. The standard InChI is InChI=1S/C14H15N3O2S/c1-2-17(11-5-9-15)20(18,19)14-8-3-7-13-12(14)6-4-10-16-13/h3-4,6-8,10H,2,5,11H2,1H3. The summed E-state index contributed by atoms with van der Waals surface area (Å²) in [7, 11) is -3.61. The maximum Gasteiger partial charge on any atom is 0.243 e. The SMILES string of the molecule is CCN(CCC#N)S(=O)(=O)c1cccc2ncccc12. The third-order valence-electron chi connectivity index (χ3n) is 3.05. The van der Waals surface area contributed by atoms with E-state index in [0.29, 0.717) is 17.4 Å². The lowest BCUT2D eigenvalue weighted by molar-refractivity contribution is 0.435. The van der Waals surface area contributed by atoms with Crippen molar-refractivity contribution in [1.82, 2.24) is 9.29 Å². The van der Waals surface area contributed by atoms with E-state index in [2.05, 4.69) is 4.98 Å². The zero-order valence-electron chi connectivity index (χ0n) is 11.2. The Morgan fingerprint density at radius 1 is 1.30 bits per heavy atom. The van der Waals surface area contributed by atoms with Gasteiger partial charge in [-0.25, -0.2) is 8.42 Å². The molecular formula is C14H15N3O2S. The van der Waals surface area contributed by atoms with Crippen molar-refractivity contribution >= 4 is 20.9 Å². The van der Waals surface area contributed by atoms with Gasteiger partial charge in [0.2, 0.25) is 10.0 Å². The number of fused-ring (bicyclic) bond motifs is 1. The molecule has 104 valence electrons. The molecule has 0 radical (unpaired) electrons. The van der Waals surface area contributed by atoms with Crippen LogP contribution in [0.3, 0.4) is 0 Å². The molecule has 1 heterocycles. The molecule has 0 N–H and O–H groups in total. The van der Waals surface area contributed by atoms with Gasteiger partial charge in [-0.15, -0.1) is 0 Å². The zero-order chi connectivity index (χ0) is 14.6. The number of aromatic nitrogens is 1. The van der Waals surface area contributed by atoms with Gasteiger partial charge < -0.3 is 0 Å². The molecule has 0 spiro atoms. The van der Waals surface area contributed by atoms with Crippen LogP contribution in [0.5, 0.6) is 0 Å². The van der Waals surface area contributed by atoms with Crippen LogP contribution in [0.15, 0.2) is 41.4 Å². The topological polar surface area (TPSA) is 74.1 Å². The number of pyridine rings is 1. The van der Waals surface area contributed by atoms with Crippen LogP contribution in [0.1, 0.15) is 13.3 Å². The number of nitriles is 1. The third-order valence-corrected chi connectivity index (χ3v) is 5.08. The van der Waals surface area contributed by atoms with Crippen molar-refractivity contribution in [3.8, 4) is 6.07 Å². The Hall–Kier alpha value is -1.97. The highest BCUT2D eigenvalue weighted by molar-refractivity contribution is 7.89. The Balaban J connectivity index is 2.54. The average Bonchev–Trinajstić information content (AvgIpc) is 2.47. The Morgan fingerprint density at radius 2 is 2.10 bits per heavy atom. The lowest BCUT2D eigenvalue weighted by Gasteiger charge is -2.20. The van der Waals surface area contributed by atoms with E-state index in [4.69, 9.17) is 5.26 Å². The number of benzene rings is 1. The molecule has 0 bridgehead atoms. The van der Waals surface area contributed by atoms with Crippen LogP contribution in [0.25, 0.3) is 10.9 Å². The minimum atomic E-state index is -3.61. The van der Waals surface area contributed by atoms with E-state index in [9.17, 15) is 8.42 Å². The summed E-state index contributed by atoms with van der Waals surface area (Å²) in [5, 5.41) is 9.24. The number of sulfonamides is 1. The quantitative estimate of drug-likeness (QED) is 0.845. The first-order chi connectivity index (χ1) is 9.61. The zero-order valence-corrected chi connectivity index (χ0v) is 12.0. The molecule has 0 aliphatic carbocycles. The highest BCUT2D eigenvalue weighted by atomic mass is 32.2. The molecule has 0 aliphatic heterocycles. The van der Waals surface area contributed by atoms with E-state index >= 15 is 0 Å². The fraction of sp³-hybridized carbons (Fsp3) is 0.286. The molecule has 0 aliphatic rings. The summed E-state index contributed by atoms with van der Waals surface area (Å²) in [4.78, 5) is 4.41. The average molecular weight is 289 g/mol. The molecule has 2 rings (SSSR count). The van der Waals surface area contributed by atoms with Crippen LogP contribution in [-0.4, -0.2) is 30.8 Å². The summed E-state index contributed by atoms with van der Waals surface area (Å²) in [5.74, 6) is 0. The van der Waals surface area contributed by atoms with E-state index < -0.39 is 10.0 Å². The second kappa shape index (κ2) is 5.99. The summed E-state index contributed by atoms with van der Waals surface area (Å²) in [6, 6.07) is 10.5. The number of nitrogens with zero attached hydrogens (tertiary/aromatic N) is 3. The van der Waals surface area contributed by atoms with Gasteiger partial charge in [0, 0.05) is 31.1 Å².